The fourth-order valence-corrected chi connectivity index (χ4v) is 3.04. The van der Waals surface area contributed by atoms with Gasteiger partial charge in [-0.3, -0.25) is 0 Å². The third-order valence-corrected chi connectivity index (χ3v) is 4.15. The van der Waals surface area contributed by atoms with Crippen molar-refractivity contribution in [1.29, 1.82) is 0 Å². The van der Waals surface area contributed by atoms with Gasteiger partial charge in [-0.1, -0.05) is 62.4 Å². The minimum atomic E-state index is 0.282. The van der Waals surface area contributed by atoms with E-state index in [0.717, 1.165) is 17.8 Å². The number of fused-ring (bicyclic) bond motifs is 1. The summed E-state index contributed by atoms with van der Waals surface area (Å²) in [7, 11) is 0. The quantitative estimate of drug-likeness (QED) is 0.650. The van der Waals surface area contributed by atoms with Crippen LogP contribution in [0.4, 0.5) is 5.82 Å². The molecule has 2 aromatic carbocycles. The lowest BCUT2D eigenvalue weighted by atomic mass is 9.97. The smallest absolute Gasteiger partial charge is 0.127 e. The molecule has 1 atom stereocenters. The van der Waals surface area contributed by atoms with Crippen LogP contribution in [0.1, 0.15) is 37.4 Å². The van der Waals surface area contributed by atoms with Gasteiger partial charge in [0.2, 0.25) is 0 Å². The number of para-hydroxylation sites is 1. The molecule has 1 heterocycles. The molecule has 0 radical (unpaired) electrons. The zero-order chi connectivity index (χ0) is 16.2. The first-order valence-corrected chi connectivity index (χ1v) is 8.31. The van der Waals surface area contributed by atoms with Gasteiger partial charge < -0.3 is 5.32 Å². The summed E-state index contributed by atoms with van der Waals surface area (Å²) in [6, 6.07) is 21.4. The lowest BCUT2D eigenvalue weighted by Gasteiger charge is -2.22. The molecule has 0 amide bonds. The Hall–Kier alpha value is -2.35. The van der Waals surface area contributed by atoms with Crippen LogP contribution in [0.3, 0.4) is 0 Å². The summed E-state index contributed by atoms with van der Waals surface area (Å²) >= 11 is 0. The zero-order valence-electron chi connectivity index (χ0n) is 14.1. The monoisotopic (exact) mass is 304 g/mol. The van der Waals surface area contributed by atoms with Crippen molar-refractivity contribution in [3.05, 3.63) is 71.8 Å². The van der Waals surface area contributed by atoms with Crippen molar-refractivity contribution in [2.45, 2.75) is 33.2 Å². The highest BCUT2D eigenvalue weighted by molar-refractivity contribution is 5.83. The molecule has 3 rings (SSSR count). The van der Waals surface area contributed by atoms with Crippen LogP contribution in [0.5, 0.6) is 0 Å². The summed E-state index contributed by atoms with van der Waals surface area (Å²) in [5.74, 6) is 1.57. The molecule has 118 valence electrons. The van der Waals surface area contributed by atoms with Gasteiger partial charge in [0.1, 0.15) is 5.82 Å². The second-order valence-electron chi connectivity index (χ2n) is 6.58. The fraction of sp³-hybridized carbons (Fsp3) is 0.286. The predicted octanol–water partition coefficient (Wildman–Crippen LogP) is 5.74. The van der Waals surface area contributed by atoms with Crippen molar-refractivity contribution in [3.63, 3.8) is 0 Å². The largest absolute Gasteiger partial charge is 0.363 e. The van der Waals surface area contributed by atoms with Gasteiger partial charge in [0.05, 0.1) is 11.6 Å². The molecule has 1 unspecified atom stereocenters. The van der Waals surface area contributed by atoms with E-state index in [9.17, 15) is 0 Å². The Kier molecular flexibility index (Phi) is 4.61. The average Bonchev–Trinajstić information content (AvgIpc) is 2.55. The third kappa shape index (κ3) is 3.70. The molecular formula is C21H24N2. The summed E-state index contributed by atoms with van der Waals surface area (Å²) in [6.07, 6.45) is 1.08. The molecule has 0 bridgehead atoms. The number of aryl methyl sites for hydroxylation is 1. The maximum atomic E-state index is 4.80. The van der Waals surface area contributed by atoms with Crippen LogP contribution >= 0.6 is 0 Å². The van der Waals surface area contributed by atoms with Crippen molar-refractivity contribution >= 4 is 16.7 Å². The first-order chi connectivity index (χ1) is 11.1. The number of nitrogens with one attached hydrogen (secondary N) is 1. The molecule has 0 saturated carbocycles. The van der Waals surface area contributed by atoms with E-state index in [4.69, 9.17) is 4.98 Å². The molecule has 1 N–H and O–H groups in total. The third-order valence-electron chi connectivity index (χ3n) is 4.15. The predicted molar refractivity (Wildman–Crippen MR) is 98.7 cm³/mol. The van der Waals surface area contributed by atoms with E-state index in [-0.39, 0.29) is 6.04 Å². The van der Waals surface area contributed by atoms with Crippen molar-refractivity contribution in [3.8, 4) is 0 Å². The lowest BCUT2D eigenvalue weighted by Crippen LogP contribution is -2.14. The molecule has 0 spiro atoms. The van der Waals surface area contributed by atoms with Crippen molar-refractivity contribution in [2.24, 2.45) is 5.92 Å². The second-order valence-corrected chi connectivity index (χ2v) is 6.58. The molecule has 2 nitrogen and oxygen atoms in total. The molecule has 2 heteroatoms. The molecular weight excluding hydrogens is 280 g/mol. The molecule has 0 saturated heterocycles. The molecule has 0 fully saturated rings. The van der Waals surface area contributed by atoms with Crippen LogP contribution in [0.25, 0.3) is 10.9 Å². The highest BCUT2D eigenvalue weighted by Gasteiger charge is 2.14. The van der Waals surface area contributed by atoms with E-state index in [1.54, 1.807) is 0 Å². The van der Waals surface area contributed by atoms with E-state index in [2.05, 4.69) is 80.7 Å². The van der Waals surface area contributed by atoms with Crippen LogP contribution in [0.2, 0.25) is 0 Å². The summed E-state index contributed by atoms with van der Waals surface area (Å²) in [5.41, 5.74) is 3.62. The summed E-state index contributed by atoms with van der Waals surface area (Å²) < 4.78 is 0. The maximum Gasteiger partial charge on any atom is 0.127 e. The van der Waals surface area contributed by atoms with Crippen molar-refractivity contribution in [2.75, 3.05) is 5.32 Å². The summed E-state index contributed by atoms with van der Waals surface area (Å²) in [6.45, 7) is 6.67. The Balaban J connectivity index is 1.93. The highest BCUT2D eigenvalue weighted by Crippen LogP contribution is 2.27. The molecule has 3 aromatic rings. The molecule has 0 aliphatic carbocycles. The Labute approximate surface area is 138 Å². The normalized spacial score (nSPS) is 12.5. The number of aromatic nitrogens is 1. The van der Waals surface area contributed by atoms with Crippen LogP contribution in [-0.2, 0) is 0 Å². The topological polar surface area (TPSA) is 24.9 Å². The fourth-order valence-electron chi connectivity index (χ4n) is 3.04. The van der Waals surface area contributed by atoms with Gasteiger partial charge in [-0.05, 0) is 42.5 Å². The zero-order valence-corrected chi connectivity index (χ0v) is 14.1. The van der Waals surface area contributed by atoms with E-state index < -0.39 is 0 Å². The van der Waals surface area contributed by atoms with E-state index in [0.29, 0.717) is 5.92 Å². The standard InChI is InChI=1S/C21H24N2/c1-15(2)13-20(17-9-5-4-6-10-17)23-21-14-16(3)18-11-7-8-12-19(18)22-21/h4-12,14-15,20H,13H2,1-3H3,(H,22,23). The van der Waals surface area contributed by atoms with Crippen molar-refractivity contribution < 1.29 is 0 Å². The van der Waals surface area contributed by atoms with E-state index >= 15 is 0 Å². The molecule has 1 aromatic heterocycles. The maximum absolute atomic E-state index is 4.80. The summed E-state index contributed by atoms with van der Waals surface area (Å²) in [4.78, 5) is 4.80. The number of pyridine rings is 1. The van der Waals surface area contributed by atoms with Crippen LogP contribution < -0.4 is 5.32 Å². The van der Waals surface area contributed by atoms with Gasteiger partial charge in [-0.25, -0.2) is 4.98 Å². The minimum Gasteiger partial charge on any atom is -0.363 e. The van der Waals surface area contributed by atoms with Crippen LogP contribution in [-0.4, -0.2) is 4.98 Å². The minimum absolute atomic E-state index is 0.282. The van der Waals surface area contributed by atoms with Gasteiger partial charge in [0.15, 0.2) is 0 Å². The van der Waals surface area contributed by atoms with Gasteiger partial charge in [-0.2, -0.15) is 0 Å². The average molecular weight is 304 g/mol. The SMILES string of the molecule is Cc1cc(NC(CC(C)C)c2ccccc2)nc2ccccc12. The van der Waals surface area contributed by atoms with Crippen molar-refractivity contribution in [1.82, 2.24) is 4.98 Å². The van der Waals surface area contributed by atoms with Gasteiger partial charge in [-0.15, -0.1) is 0 Å². The van der Waals surface area contributed by atoms with Gasteiger partial charge in [0.25, 0.3) is 0 Å². The number of hydrogen-bond donors (Lipinski definition) is 1. The molecule has 23 heavy (non-hydrogen) atoms. The Bertz CT molecular complexity index is 778. The highest BCUT2D eigenvalue weighted by atomic mass is 15.0. The number of nitrogens with zero attached hydrogens (tertiary/aromatic N) is 1. The number of hydrogen-bond acceptors (Lipinski definition) is 2. The number of benzene rings is 2. The van der Waals surface area contributed by atoms with E-state index in [1.807, 2.05) is 6.07 Å². The first kappa shape index (κ1) is 15.5. The van der Waals surface area contributed by atoms with Crippen LogP contribution in [0, 0.1) is 12.8 Å². The first-order valence-electron chi connectivity index (χ1n) is 8.31. The lowest BCUT2D eigenvalue weighted by molar-refractivity contribution is 0.530. The Morgan fingerprint density at radius 1 is 0.957 bits per heavy atom. The molecule has 0 aliphatic heterocycles. The Morgan fingerprint density at radius 2 is 1.65 bits per heavy atom. The number of rotatable bonds is 5. The summed E-state index contributed by atoms with van der Waals surface area (Å²) in [5, 5.41) is 4.87. The van der Waals surface area contributed by atoms with Gasteiger partial charge in [0, 0.05) is 5.39 Å². The van der Waals surface area contributed by atoms with Gasteiger partial charge >= 0.3 is 0 Å². The van der Waals surface area contributed by atoms with Crippen LogP contribution in [0.15, 0.2) is 60.7 Å². The Morgan fingerprint density at radius 3 is 2.39 bits per heavy atom. The second kappa shape index (κ2) is 6.82. The molecule has 0 aliphatic rings. The number of anilines is 1. The van der Waals surface area contributed by atoms with E-state index in [1.165, 1.54) is 16.5 Å².